The topological polar surface area (TPSA) is 30.0 Å². The Morgan fingerprint density at radius 2 is 2.20 bits per heavy atom. The fourth-order valence-corrected chi connectivity index (χ4v) is 1.98. The predicted octanol–water partition coefficient (Wildman–Crippen LogP) is 0.351. The maximum Gasteiger partial charge on any atom is 0.179 e. The molecular formula is C13H9NO. The lowest BCUT2D eigenvalue weighted by atomic mass is 9.97. The van der Waals surface area contributed by atoms with E-state index in [-0.39, 0.29) is 5.78 Å². The second-order valence-corrected chi connectivity index (χ2v) is 3.67. The number of fused-ring (bicyclic) bond motifs is 3. The molecule has 2 aliphatic carbocycles. The summed E-state index contributed by atoms with van der Waals surface area (Å²) in [6.45, 7) is 0. The summed E-state index contributed by atoms with van der Waals surface area (Å²) >= 11 is 0. The fourth-order valence-electron chi connectivity index (χ4n) is 1.98. The minimum atomic E-state index is 0.0413. The van der Waals surface area contributed by atoms with E-state index in [1.54, 1.807) is 18.3 Å². The van der Waals surface area contributed by atoms with E-state index in [2.05, 4.69) is 11.1 Å². The molecule has 2 nitrogen and oxygen atoms in total. The zero-order valence-corrected chi connectivity index (χ0v) is 8.10. The Hall–Kier alpha value is -1.96. The molecule has 3 rings (SSSR count). The summed E-state index contributed by atoms with van der Waals surface area (Å²) in [5, 5.41) is 1.95. The van der Waals surface area contributed by atoms with Crippen LogP contribution in [0.5, 0.6) is 0 Å². The predicted molar refractivity (Wildman–Crippen MR) is 59.3 cm³/mol. The highest BCUT2D eigenvalue weighted by molar-refractivity contribution is 6.16. The van der Waals surface area contributed by atoms with Crippen LogP contribution in [0.4, 0.5) is 0 Å². The van der Waals surface area contributed by atoms with Crippen molar-refractivity contribution in [3.05, 3.63) is 46.1 Å². The fraction of sp³-hybridized carbons (Fsp3) is 0.0769. The number of allylic oxidation sites excluding steroid dienone is 3. The average molecular weight is 195 g/mol. The van der Waals surface area contributed by atoms with Crippen LogP contribution in [0.1, 0.15) is 11.1 Å². The van der Waals surface area contributed by atoms with Crippen molar-refractivity contribution < 1.29 is 4.79 Å². The molecule has 0 atom stereocenters. The molecule has 0 unspecified atom stereocenters. The molecular weight excluding hydrogens is 186 g/mol. The Morgan fingerprint density at radius 1 is 1.27 bits per heavy atom. The zero-order valence-electron chi connectivity index (χ0n) is 8.10. The van der Waals surface area contributed by atoms with Gasteiger partial charge in [-0.05, 0) is 35.8 Å². The molecule has 0 bridgehead atoms. The molecule has 2 aliphatic rings. The highest BCUT2D eigenvalue weighted by Crippen LogP contribution is 2.08. The standard InChI is InChI=1S/C13H9NO/c15-10-5-6-11-9(7-10)8-14-13-4-2-1-3-12(11)13/h1-2,4-8H,3H2. The molecule has 0 aromatic carbocycles. The van der Waals surface area contributed by atoms with E-state index in [0.29, 0.717) is 0 Å². The van der Waals surface area contributed by atoms with Gasteiger partial charge in [-0.1, -0.05) is 18.2 Å². The molecule has 1 aromatic rings. The maximum absolute atomic E-state index is 11.2. The first kappa shape index (κ1) is 8.36. The van der Waals surface area contributed by atoms with Gasteiger partial charge in [0.05, 0.1) is 5.35 Å². The molecule has 0 radical (unpaired) electrons. The highest BCUT2D eigenvalue weighted by Gasteiger charge is 2.09. The molecule has 1 heterocycles. The number of nitrogens with zero attached hydrogens (tertiary/aromatic N) is 1. The lowest BCUT2D eigenvalue weighted by molar-refractivity contribution is -0.109. The summed E-state index contributed by atoms with van der Waals surface area (Å²) in [5.41, 5.74) is 2.36. The van der Waals surface area contributed by atoms with Gasteiger partial charge < -0.3 is 0 Å². The van der Waals surface area contributed by atoms with Crippen molar-refractivity contribution in [3.63, 3.8) is 0 Å². The second-order valence-electron chi connectivity index (χ2n) is 3.67. The van der Waals surface area contributed by atoms with Crippen molar-refractivity contribution in [2.24, 2.45) is 0 Å². The van der Waals surface area contributed by atoms with E-state index in [0.717, 1.165) is 22.6 Å². The van der Waals surface area contributed by atoms with Crippen molar-refractivity contribution in [1.82, 2.24) is 4.98 Å². The average Bonchev–Trinajstić information content (AvgIpc) is 2.28. The molecule has 0 spiro atoms. The van der Waals surface area contributed by atoms with E-state index in [4.69, 9.17) is 0 Å². The smallest absolute Gasteiger partial charge is 0.179 e. The Bertz CT molecular complexity index is 621. The van der Waals surface area contributed by atoms with Gasteiger partial charge in [0, 0.05) is 11.4 Å². The van der Waals surface area contributed by atoms with Crippen LogP contribution in [0.2, 0.25) is 0 Å². The minimum absolute atomic E-state index is 0.0413. The van der Waals surface area contributed by atoms with Crippen LogP contribution >= 0.6 is 0 Å². The maximum atomic E-state index is 11.2. The van der Waals surface area contributed by atoms with Gasteiger partial charge in [-0.15, -0.1) is 0 Å². The molecule has 2 heteroatoms. The molecule has 15 heavy (non-hydrogen) atoms. The van der Waals surface area contributed by atoms with Crippen molar-refractivity contribution in [3.8, 4) is 0 Å². The van der Waals surface area contributed by atoms with Gasteiger partial charge in [-0.3, -0.25) is 9.78 Å². The Morgan fingerprint density at radius 3 is 3.13 bits per heavy atom. The van der Waals surface area contributed by atoms with E-state index >= 15 is 0 Å². The monoisotopic (exact) mass is 195 g/mol. The van der Waals surface area contributed by atoms with Crippen LogP contribution in [0, 0.1) is 0 Å². The van der Waals surface area contributed by atoms with E-state index < -0.39 is 0 Å². The number of rotatable bonds is 0. The first-order valence-corrected chi connectivity index (χ1v) is 4.93. The first-order valence-electron chi connectivity index (χ1n) is 4.93. The summed E-state index contributed by atoms with van der Waals surface area (Å²) in [5.74, 6) is 0.0413. The van der Waals surface area contributed by atoms with E-state index in [1.165, 1.54) is 5.56 Å². The Balaban J connectivity index is 2.41. The molecule has 0 aliphatic heterocycles. The molecule has 0 saturated carbocycles. The van der Waals surface area contributed by atoms with Crippen molar-refractivity contribution in [2.75, 3.05) is 0 Å². The number of pyridine rings is 1. The first-order chi connectivity index (χ1) is 7.34. The SMILES string of the molecule is O=C1C=Cc2c3c(ncc2=C1)=CC=CC3. The third kappa shape index (κ3) is 1.26. The van der Waals surface area contributed by atoms with Crippen LogP contribution in [0.25, 0.3) is 18.2 Å². The van der Waals surface area contributed by atoms with Crippen LogP contribution in [-0.2, 0) is 11.2 Å². The highest BCUT2D eigenvalue weighted by atomic mass is 16.1. The van der Waals surface area contributed by atoms with Crippen LogP contribution in [0.15, 0.2) is 24.4 Å². The molecule has 1 aromatic heterocycles. The van der Waals surface area contributed by atoms with Crippen LogP contribution in [0.3, 0.4) is 0 Å². The van der Waals surface area contributed by atoms with Gasteiger partial charge in [0.1, 0.15) is 0 Å². The quantitative estimate of drug-likeness (QED) is 0.598. The molecule has 0 amide bonds. The third-order valence-corrected chi connectivity index (χ3v) is 2.71. The Labute approximate surface area is 87.0 Å². The minimum Gasteiger partial charge on any atom is -0.290 e. The molecule has 72 valence electrons. The number of aromatic nitrogens is 1. The summed E-state index contributed by atoms with van der Waals surface area (Å²) in [4.78, 5) is 15.5. The molecule has 0 N–H and O–H groups in total. The number of carbonyl (C=O) groups is 1. The third-order valence-electron chi connectivity index (χ3n) is 2.71. The second kappa shape index (κ2) is 3.02. The number of hydrogen-bond acceptors (Lipinski definition) is 2. The lowest BCUT2D eigenvalue weighted by Crippen LogP contribution is -2.26. The van der Waals surface area contributed by atoms with Gasteiger partial charge in [-0.25, -0.2) is 0 Å². The Kier molecular flexibility index (Phi) is 1.68. The van der Waals surface area contributed by atoms with E-state index in [9.17, 15) is 4.79 Å². The van der Waals surface area contributed by atoms with Gasteiger partial charge in [-0.2, -0.15) is 0 Å². The summed E-state index contributed by atoms with van der Waals surface area (Å²) < 4.78 is 0. The van der Waals surface area contributed by atoms with Gasteiger partial charge in [0.15, 0.2) is 5.78 Å². The summed E-state index contributed by atoms with van der Waals surface area (Å²) in [7, 11) is 0. The van der Waals surface area contributed by atoms with Crippen molar-refractivity contribution >= 4 is 24.0 Å². The summed E-state index contributed by atoms with van der Waals surface area (Å²) in [6.07, 6.45) is 13.9. The van der Waals surface area contributed by atoms with E-state index in [1.807, 2.05) is 18.2 Å². The van der Waals surface area contributed by atoms with Crippen LogP contribution < -0.4 is 10.6 Å². The van der Waals surface area contributed by atoms with Gasteiger partial charge in [0.2, 0.25) is 0 Å². The summed E-state index contributed by atoms with van der Waals surface area (Å²) in [6, 6.07) is 0. The zero-order chi connectivity index (χ0) is 10.3. The molecule has 0 fully saturated rings. The largest absolute Gasteiger partial charge is 0.290 e. The number of hydrogen-bond donors (Lipinski definition) is 0. The normalized spacial score (nSPS) is 16.4. The number of carbonyl (C=O) groups excluding carboxylic acids is 1. The van der Waals surface area contributed by atoms with Gasteiger partial charge >= 0.3 is 0 Å². The lowest BCUT2D eigenvalue weighted by Gasteiger charge is -2.09. The van der Waals surface area contributed by atoms with Crippen molar-refractivity contribution in [2.45, 2.75) is 6.42 Å². The van der Waals surface area contributed by atoms with Gasteiger partial charge in [0.25, 0.3) is 0 Å². The van der Waals surface area contributed by atoms with Crippen molar-refractivity contribution in [1.29, 1.82) is 0 Å². The van der Waals surface area contributed by atoms with Crippen LogP contribution in [-0.4, -0.2) is 10.8 Å². The molecule has 0 saturated heterocycles. The number of ketones is 1.